The Labute approximate surface area is 119 Å². The van der Waals surface area contributed by atoms with Gasteiger partial charge in [-0.25, -0.2) is 0 Å². The summed E-state index contributed by atoms with van der Waals surface area (Å²) in [6.07, 6.45) is 4.27. The average Bonchev–Trinajstić information content (AvgIpc) is 3.07. The van der Waals surface area contributed by atoms with Crippen LogP contribution in [0.1, 0.15) is 41.6 Å². The highest BCUT2D eigenvalue weighted by molar-refractivity contribution is 5.94. The van der Waals surface area contributed by atoms with E-state index in [0.29, 0.717) is 18.7 Å². The predicted octanol–water partition coefficient (Wildman–Crippen LogP) is 2.41. The second kappa shape index (κ2) is 5.54. The van der Waals surface area contributed by atoms with Crippen LogP contribution in [0.4, 0.5) is 0 Å². The SMILES string of the molecule is Cc1cccc(C(=O)NC[C@H]2COC3(CCCC3)O2)c1. The van der Waals surface area contributed by atoms with E-state index in [2.05, 4.69) is 5.32 Å². The van der Waals surface area contributed by atoms with Gasteiger partial charge in [-0.3, -0.25) is 4.79 Å². The third-order valence-electron chi connectivity index (χ3n) is 4.05. The van der Waals surface area contributed by atoms with Crippen molar-refractivity contribution in [3.63, 3.8) is 0 Å². The zero-order valence-corrected chi connectivity index (χ0v) is 11.9. The topological polar surface area (TPSA) is 47.6 Å². The molecular formula is C16H21NO3. The number of carbonyl (C=O) groups is 1. The summed E-state index contributed by atoms with van der Waals surface area (Å²) in [6.45, 7) is 3.07. The van der Waals surface area contributed by atoms with Gasteiger partial charge in [0.15, 0.2) is 5.79 Å². The molecule has 1 aliphatic heterocycles. The van der Waals surface area contributed by atoms with Crippen LogP contribution in [0.5, 0.6) is 0 Å². The summed E-state index contributed by atoms with van der Waals surface area (Å²) in [5.74, 6) is -0.400. The van der Waals surface area contributed by atoms with Crippen molar-refractivity contribution in [3.8, 4) is 0 Å². The fourth-order valence-corrected chi connectivity index (χ4v) is 2.99. The van der Waals surface area contributed by atoms with Crippen molar-refractivity contribution in [2.24, 2.45) is 0 Å². The fourth-order valence-electron chi connectivity index (χ4n) is 2.99. The maximum absolute atomic E-state index is 12.1. The Morgan fingerprint density at radius 2 is 2.20 bits per heavy atom. The van der Waals surface area contributed by atoms with E-state index in [1.54, 1.807) is 0 Å². The highest BCUT2D eigenvalue weighted by Gasteiger charge is 2.43. The molecule has 1 heterocycles. The van der Waals surface area contributed by atoms with Crippen molar-refractivity contribution in [3.05, 3.63) is 35.4 Å². The maximum Gasteiger partial charge on any atom is 0.251 e. The zero-order chi connectivity index (χ0) is 14.0. The summed E-state index contributed by atoms with van der Waals surface area (Å²) in [5.41, 5.74) is 1.78. The lowest BCUT2D eigenvalue weighted by atomic mass is 10.1. The van der Waals surface area contributed by atoms with Crippen LogP contribution in [0.15, 0.2) is 24.3 Å². The van der Waals surface area contributed by atoms with Gasteiger partial charge in [-0.2, -0.15) is 0 Å². The molecule has 1 saturated carbocycles. The number of hydrogen-bond acceptors (Lipinski definition) is 3. The zero-order valence-electron chi connectivity index (χ0n) is 11.9. The normalized spacial score (nSPS) is 24.1. The second-order valence-corrected chi connectivity index (χ2v) is 5.75. The predicted molar refractivity (Wildman–Crippen MR) is 75.5 cm³/mol. The van der Waals surface area contributed by atoms with E-state index in [4.69, 9.17) is 9.47 Å². The first-order valence-corrected chi connectivity index (χ1v) is 7.34. The molecule has 20 heavy (non-hydrogen) atoms. The first-order valence-electron chi connectivity index (χ1n) is 7.34. The van der Waals surface area contributed by atoms with Gasteiger partial charge in [0.1, 0.15) is 6.10 Å². The van der Waals surface area contributed by atoms with E-state index < -0.39 is 0 Å². The number of carbonyl (C=O) groups excluding carboxylic acids is 1. The lowest BCUT2D eigenvalue weighted by Crippen LogP contribution is -2.35. The Morgan fingerprint density at radius 3 is 2.95 bits per heavy atom. The van der Waals surface area contributed by atoms with Gasteiger partial charge in [0.05, 0.1) is 6.61 Å². The third kappa shape index (κ3) is 2.86. The van der Waals surface area contributed by atoms with E-state index in [9.17, 15) is 4.79 Å². The molecule has 1 saturated heterocycles. The quantitative estimate of drug-likeness (QED) is 0.921. The summed E-state index contributed by atoms with van der Waals surface area (Å²) >= 11 is 0. The number of nitrogens with one attached hydrogen (secondary N) is 1. The number of aryl methyl sites for hydroxylation is 1. The van der Waals surface area contributed by atoms with Crippen molar-refractivity contribution in [1.29, 1.82) is 0 Å². The van der Waals surface area contributed by atoms with E-state index >= 15 is 0 Å². The van der Waals surface area contributed by atoms with Gasteiger partial charge in [0.25, 0.3) is 5.91 Å². The van der Waals surface area contributed by atoms with Crippen molar-refractivity contribution in [2.45, 2.75) is 44.5 Å². The molecule has 0 radical (unpaired) electrons. The molecule has 1 aromatic carbocycles. The molecule has 2 aliphatic rings. The summed E-state index contributed by atoms with van der Waals surface area (Å²) in [4.78, 5) is 12.1. The Morgan fingerprint density at radius 1 is 1.40 bits per heavy atom. The van der Waals surface area contributed by atoms with Gasteiger partial charge in [-0.05, 0) is 31.9 Å². The number of amides is 1. The molecule has 4 nitrogen and oxygen atoms in total. The number of ether oxygens (including phenoxy) is 2. The van der Waals surface area contributed by atoms with Crippen LogP contribution >= 0.6 is 0 Å². The lowest BCUT2D eigenvalue weighted by Gasteiger charge is -2.21. The van der Waals surface area contributed by atoms with Crippen LogP contribution in [0, 0.1) is 6.92 Å². The molecule has 1 aromatic rings. The Hall–Kier alpha value is -1.39. The van der Waals surface area contributed by atoms with Crippen LogP contribution in [0.3, 0.4) is 0 Å². The van der Waals surface area contributed by atoms with Gasteiger partial charge in [0.2, 0.25) is 0 Å². The minimum absolute atomic E-state index is 0.0261. The molecule has 1 N–H and O–H groups in total. The van der Waals surface area contributed by atoms with Crippen LogP contribution in [-0.2, 0) is 9.47 Å². The smallest absolute Gasteiger partial charge is 0.251 e. The monoisotopic (exact) mass is 275 g/mol. The molecule has 1 spiro atoms. The highest BCUT2D eigenvalue weighted by atomic mass is 16.7. The fraction of sp³-hybridized carbons (Fsp3) is 0.562. The van der Waals surface area contributed by atoms with Gasteiger partial charge >= 0.3 is 0 Å². The molecule has 1 aliphatic carbocycles. The van der Waals surface area contributed by atoms with E-state index in [1.165, 1.54) is 12.8 Å². The van der Waals surface area contributed by atoms with Crippen LogP contribution < -0.4 is 5.32 Å². The molecule has 108 valence electrons. The molecule has 0 bridgehead atoms. The molecular weight excluding hydrogens is 254 g/mol. The van der Waals surface area contributed by atoms with E-state index in [-0.39, 0.29) is 17.8 Å². The molecule has 0 unspecified atom stereocenters. The van der Waals surface area contributed by atoms with E-state index in [1.807, 2.05) is 31.2 Å². The summed E-state index contributed by atoms with van der Waals surface area (Å²) in [6, 6.07) is 7.59. The molecule has 1 atom stereocenters. The number of hydrogen-bond donors (Lipinski definition) is 1. The largest absolute Gasteiger partial charge is 0.349 e. The van der Waals surface area contributed by atoms with Crippen molar-refractivity contribution in [2.75, 3.05) is 13.2 Å². The third-order valence-corrected chi connectivity index (χ3v) is 4.05. The summed E-state index contributed by atoms with van der Waals surface area (Å²) < 4.78 is 11.8. The molecule has 3 rings (SSSR count). The summed E-state index contributed by atoms with van der Waals surface area (Å²) in [7, 11) is 0. The first kappa shape index (κ1) is 13.6. The second-order valence-electron chi connectivity index (χ2n) is 5.75. The number of rotatable bonds is 3. The Bertz CT molecular complexity index is 494. The minimum Gasteiger partial charge on any atom is -0.349 e. The van der Waals surface area contributed by atoms with Crippen LogP contribution in [0.2, 0.25) is 0 Å². The average molecular weight is 275 g/mol. The minimum atomic E-state index is -0.348. The lowest BCUT2D eigenvalue weighted by molar-refractivity contribution is -0.161. The van der Waals surface area contributed by atoms with Crippen LogP contribution in [-0.4, -0.2) is 30.9 Å². The number of benzene rings is 1. The first-order chi connectivity index (χ1) is 9.67. The molecule has 0 aromatic heterocycles. The molecule has 2 fully saturated rings. The van der Waals surface area contributed by atoms with Gasteiger partial charge < -0.3 is 14.8 Å². The van der Waals surface area contributed by atoms with E-state index in [0.717, 1.165) is 18.4 Å². The van der Waals surface area contributed by atoms with Gasteiger partial charge in [0, 0.05) is 24.9 Å². The standard InChI is InChI=1S/C16H21NO3/c1-12-5-4-6-13(9-12)15(18)17-10-14-11-19-16(20-14)7-2-3-8-16/h4-6,9,14H,2-3,7-8,10-11H2,1H3,(H,17,18)/t14-/m0/s1. The van der Waals surface area contributed by atoms with Crippen molar-refractivity contribution < 1.29 is 14.3 Å². The van der Waals surface area contributed by atoms with Crippen molar-refractivity contribution >= 4 is 5.91 Å². The highest BCUT2D eigenvalue weighted by Crippen LogP contribution is 2.38. The molecule has 4 heteroatoms. The van der Waals surface area contributed by atoms with Gasteiger partial charge in [-0.1, -0.05) is 17.7 Å². The Balaban J connectivity index is 1.51. The maximum atomic E-state index is 12.1. The van der Waals surface area contributed by atoms with Crippen LogP contribution in [0.25, 0.3) is 0 Å². The summed E-state index contributed by atoms with van der Waals surface area (Å²) in [5, 5.41) is 2.93. The van der Waals surface area contributed by atoms with Gasteiger partial charge in [-0.15, -0.1) is 0 Å². The Kier molecular flexibility index (Phi) is 3.76. The molecule has 1 amide bonds. The van der Waals surface area contributed by atoms with Crippen molar-refractivity contribution in [1.82, 2.24) is 5.32 Å².